The van der Waals surface area contributed by atoms with E-state index in [9.17, 15) is 19.5 Å². The fourth-order valence-corrected chi connectivity index (χ4v) is 3.32. The minimum absolute atomic E-state index is 0.00910. The topological polar surface area (TPSA) is 118 Å². The summed E-state index contributed by atoms with van der Waals surface area (Å²) < 4.78 is 5.19. The van der Waals surface area contributed by atoms with Crippen molar-refractivity contribution in [1.82, 2.24) is 15.6 Å². The summed E-state index contributed by atoms with van der Waals surface area (Å²) in [5, 5.41) is 15.7. The molecule has 172 valence electrons. The zero-order chi connectivity index (χ0) is 23.8. The summed E-state index contributed by atoms with van der Waals surface area (Å²) in [7, 11) is 0. The number of ether oxygens (including phenoxy) is 1. The number of fused-ring (bicyclic) bond motifs is 1. The molecule has 1 aromatic heterocycles. The first kappa shape index (κ1) is 23.7. The molecule has 3 rings (SSSR count). The second kappa shape index (κ2) is 11.1. The highest BCUT2D eigenvalue weighted by atomic mass is 16.5. The molecule has 2 atom stereocenters. The van der Waals surface area contributed by atoms with Crippen LogP contribution < -0.4 is 10.6 Å². The van der Waals surface area contributed by atoms with Gasteiger partial charge in [-0.1, -0.05) is 68.4 Å². The van der Waals surface area contributed by atoms with Gasteiger partial charge in [0.25, 0.3) is 0 Å². The van der Waals surface area contributed by atoms with Gasteiger partial charge in [0.15, 0.2) is 0 Å². The number of hydrogen-bond donors (Lipinski definition) is 3. The molecular formula is C25H27N3O5. The Hall–Kier alpha value is -3.94. The Morgan fingerprint density at radius 1 is 0.939 bits per heavy atom. The van der Waals surface area contributed by atoms with E-state index in [1.165, 1.54) is 0 Å². The fraction of sp³-hybridized carbons (Fsp3) is 0.280. The van der Waals surface area contributed by atoms with Crippen LogP contribution in [0.4, 0.5) is 4.79 Å². The van der Waals surface area contributed by atoms with Crippen LogP contribution in [0.2, 0.25) is 0 Å². The molecule has 2 aromatic carbocycles. The molecule has 2 amide bonds. The molecule has 0 saturated heterocycles. The van der Waals surface area contributed by atoms with E-state index < -0.39 is 30.1 Å². The Morgan fingerprint density at radius 3 is 2.33 bits per heavy atom. The number of amides is 2. The molecule has 0 aliphatic rings. The van der Waals surface area contributed by atoms with Crippen molar-refractivity contribution >= 4 is 28.9 Å². The van der Waals surface area contributed by atoms with Gasteiger partial charge in [0.2, 0.25) is 5.91 Å². The van der Waals surface area contributed by atoms with Crippen molar-refractivity contribution < 1.29 is 24.2 Å². The van der Waals surface area contributed by atoms with Crippen LogP contribution in [0.15, 0.2) is 66.7 Å². The summed E-state index contributed by atoms with van der Waals surface area (Å²) >= 11 is 0. The van der Waals surface area contributed by atoms with Crippen molar-refractivity contribution in [2.75, 3.05) is 0 Å². The summed E-state index contributed by atoms with van der Waals surface area (Å²) in [5.41, 5.74) is 2.10. The number of aliphatic carboxylic acids is 1. The molecule has 0 bridgehead atoms. The van der Waals surface area contributed by atoms with Crippen LogP contribution in [0, 0.1) is 5.92 Å². The van der Waals surface area contributed by atoms with E-state index in [4.69, 9.17) is 4.74 Å². The maximum absolute atomic E-state index is 12.8. The highest BCUT2D eigenvalue weighted by molar-refractivity contribution is 5.89. The van der Waals surface area contributed by atoms with Gasteiger partial charge < -0.3 is 20.5 Å². The smallest absolute Gasteiger partial charge is 0.408 e. The molecule has 33 heavy (non-hydrogen) atoms. The van der Waals surface area contributed by atoms with Crippen molar-refractivity contribution in [1.29, 1.82) is 0 Å². The number of aromatic nitrogens is 1. The SMILES string of the molecule is CC(C)[C@H](NC(=O)OCc1ccccc1)C(=O)N[C@@H](Cc1ccc2ccccc2n1)C(=O)O. The third-order valence-electron chi connectivity index (χ3n) is 5.12. The third-order valence-corrected chi connectivity index (χ3v) is 5.12. The second-order valence-electron chi connectivity index (χ2n) is 8.03. The van der Waals surface area contributed by atoms with Crippen molar-refractivity contribution in [3.8, 4) is 0 Å². The van der Waals surface area contributed by atoms with E-state index in [1.54, 1.807) is 19.9 Å². The molecule has 0 spiro atoms. The van der Waals surface area contributed by atoms with E-state index >= 15 is 0 Å². The number of nitrogens with zero attached hydrogens (tertiary/aromatic N) is 1. The lowest BCUT2D eigenvalue weighted by Gasteiger charge is -2.23. The van der Waals surface area contributed by atoms with Crippen molar-refractivity contribution in [3.05, 3.63) is 78.0 Å². The molecule has 0 saturated carbocycles. The highest BCUT2D eigenvalue weighted by Gasteiger charge is 2.29. The molecule has 0 fully saturated rings. The fourth-order valence-electron chi connectivity index (χ4n) is 3.32. The van der Waals surface area contributed by atoms with Crippen LogP contribution in [-0.2, 0) is 27.4 Å². The first-order valence-corrected chi connectivity index (χ1v) is 10.7. The Balaban J connectivity index is 1.63. The van der Waals surface area contributed by atoms with E-state index in [0.717, 1.165) is 16.5 Å². The van der Waals surface area contributed by atoms with Crippen LogP contribution >= 0.6 is 0 Å². The quantitative estimate of drug-likeness (QED) is 0.461. The van der Waals surface area contributed by atoms with Gasteiger partial charge in [-0.3, -0.25) is 9.78 Å². The molecule has 3 aromatic rings. The Kier molecular flexibility index (Phi) is 7.96. The predicted octanol–water partition coefficient (Wildman–Crippen LogP) is 3.30. The monoisotopic (exact) mass is 449 g/mol. The van der Waals surface area contributed by atoms with E-state index in [0.29, 0.717) is 5.69 Å². The lowest BCUT2D eigenvalue weighted by Crippen LogP contribution is -2.54. The number of carboxylic acids is 1. The predicted molar refractivity (Wildman–Crippen MR) is 123 cm³/mol. The summed E-state index contributed by atoms with van der Waals surface area (Å²) in [5.74, 6) is -2.08. The largest absolute Gasteiger partial charge is 0.480 e. The number of hydrogen-bond acceptors (Lipinski definition) is 5. The minimum Gasteiger partial charge on any atom is -0.480 e. The van der Waals surface area contributed by atoms with Gasteiger partial charge in [-0.05, 0) is 23.6 Å². The van der Waals surface area contributed by atoms with Crippen LogP contribution in [0.25, 0.3) is 10.9 Å². The van der Waals surface area contributed by atoms with Crippen molar-refractivity contribution in [2.45, 2.75) is 39.0 Å². The molecule has 0 unspecified atom stereocenters. The summed E-state index contributed by atoms with van der Waals surface area (Å²) in [6.45, 7) is 3.56. The van der Waals surface area contributed by atoms with Crippen LogP contribution in [0.3, 0.4) is 0 Å². The molecule has 1 heterocycles. The second-order valence-corrected chi connectivity index (χ2v) is 8.03. The van der Waals surface area contributed by atoms with Gasteiger partial charge in [-0.15, -0.1) is 0 Å². The van der Waals surface area contributed by atoms with Gasteiger partial charge in [0.1, 0.15) is 18.7 Å². The third kappa shape index (κ3) is 6.77. The molecule has 0 radical (unpaired) electrons. The van der Waals surface area contributed by atoms with Gasteiger partial charge in [-0.25, -0.2) is 9.59 Å². The standard InChI is InChI=1S/C25H27N3O5/c1-16(2)22(28-25(32)33-15-17-8-4-3-5-9-17)23(29)27-21(24(30)31)14-19-13-12-18-10-6-7-11-20(18)26-19/h3-13,16,21-22H,14-15H2,1-2H3,(H,27,29)(H,28,32)(H,30,31)/t21-,22-/m0/s1. The number of carbonyl (C=O) groups excluding carboxylic acids is 2. The average Bonchev–Trinajstić information content (AvgIpc) is 2.81. The van der Waals surface area contributed by atoms with Gasteiger partial charge in [-0.2, -0.15) is 0 Å². The number of para-hydroxylation sites is 1. The molecule has 3 N–H and O–H groups in total. The lowest BCUT2D eigenvalue weighted by atomic mass is 10.0. The number of nitrogens with one attached hydrogen (secondary N) is 2. The van der Waals surface area contributed by atoms with Crippen LogP contribution in [-0.4, -0.2) is 40.1 Å². The highest BCUT2D eigenvalue weighted by Crippen LogP contribution is 2.13. The maximum Gasteiger partial charge on any atom is 0.408 e. The summed E-state index contributed by atoms with van der Waals surface area (Å²) in [6.07, 6.45) is -0.745. The minimum atomic E-state index is -1.20. The number of alkyl carbamates (subject to hydrolysis) is 1. The van der Waals surface area contributed by atoms with Crippen molar-refractivity contribution in [3.63, 3.8) is 0 Å². The average molecular weight is 450 g/mol. The number of pyridine rings is 1. The number of carboxylic acid groups (broad SMARTS) is 1. The van der Waals surface area contributed by atoms with Gasteiger partial charge in [0, 0.05) is 17.5 Å². The van der Waals surface area contributed by atoms with Gasteiger partial charge in [0.05, 0.1) is 5.52 Å². The summed E-state index contributed by atoms with van der Waals surface area (Å²) in [6, 6.07) is 18.1. The van der Waals surface area contributed by atoms with E-state index in [1.807, 2.05) is 60.7 Å². The molecule has 0 aliphatic carbocycles. The molecule has 8 heteroatoms. The Labute approximate surface area is 192 Å². The number of benzene rings is 2. The zero-order valence-electron chi connectivity index (χ0n) is 18.5. The van der Waals surface area contributed by atoms with E-state index in [2.05, 4.69) is 15.6 Å². The van der Waals surface area contributed by atoms with Gasteiger partial charge >= 0.3 is 12.1 Å². The van der Waals surface area contributed by atoms with E-state index in [-0.39, 0.29) is 18.9 Å². The number of carbonyl (C=O) groups is 3. The maximum atomic E-state index is 12.8. The molecule has 0 aliphatic heterocycles. The summed E-state index contributed by atoms with van der Waals surface area (Å²) in [4.78, 5) is 41.4. The Bertz CT molecular complexity index is 1120. The zero-order valence-corrected chi connectivity index (χ0v) is 18.5. The molecular weight excluding hydrogens is 422 g/mol. The normalized spacial score (nSPS) is 12.7. The first-order chi connectivity index (χ1) is 15.8. The first-order valence-electron chi connectivity index (χ1n) is 10.7. The van der Waals surface area contributed by atoms with Crippen LogP contribution in [0.5, 0.6) is 0 Å². The Morgan fingerprint density at radius 2 is 1.64 bits per heavy atom. The number of rotatable bonds is 9. The lowest BCUT2D eigenvalue weighted by molar-refractivity contribution is -0.142. The van der Waals surface area contributed by atoms with Crippen LogP contribution in [0.1, 0.15) is 25.1 Å². The van der Waals surface area contributed by atoms with Crippen molar-refractivity contribution in [2.24, 2.45) is 5.92 Å². The molecule has 8 nitrogen and oxygen atoms in total.